The molecule has 3 heteroatoms. The molecule has 0 N–H and O–H groups in total. The Morgan fingerprint density at radius 2 is 1.88 bits per heavy atom. The summed E-state index contributed by atoms with van der Waals surface area (Å²) in [4.78, 5) is 3.99. The molecule has 2 aromatic rings. The molecule has 0 radical (unpaired) electrons. The van der Waals surface area contributed by atoms with Crippen molar-refractivity contribution in [2.24, 2.45) is 0 Å². The van der Waals surface area contributed by atoms with Crippen LogP contribution in [0.4, 0.5) is 4.39 Å². The highest BCUT2D eigenvalue weighted by Crippen LogP contribution is 2.18. The third-order valence-electron chi connectivity index (χ3n) is 2.71. The predicted octanol–water partition coefficient (Wildman–Crippen LogP) is 3.01. The number of nitrogens with zero attached hydrogens (tertiary/aromatic N) is 1. The van der Waals surface area contributed by atoms with Crippen LogP contribution in [0.25, 0.3) is 0 Å². The number of ether oxygens (including phenoxy) is 1. The SMILES string of the molecule is COc1cnccc1CCc1ccccc1F. The van der Waals surface area contributed by atoms with Gasteiger partial charge in [-0.2, -0.15) is 0 Å². The number of methoxy groups -OCH3 is 1. The zero-order valence-corrected chi connectivity index (χ0v) is 9.69. The van der Waals surface area contributed by atoms with Crippen LogP contribution in [0.2, 0.25) is 0 Å². The highest BCUT2D eigenvalue weighted by Gasteiger charge is 2.05. The Morgan fingerprint density at radius 3 is 2.65 bits per heavy atom. The number of aryl methyl sites for hydroxylation is 2. The molecule has 0 aliphatic rings. The maximum absolute atomic E-state index is 13.4. The molecule has 17 heavy (non-hydrogen) atoms. The van der Waals surface area contributed by atoms with Crippen LogP contribution >= 0.6 is 0 Å². The van der Waals surface area contributed by atoms with Crippen molar-refractivity contribution >= 4 is 0 Å². The summed E-state index contributed by atoms with van der Waals surface area (Å²) in [6, 6.07) is 8.75. The molecule has 1 heterocycles. The van der Waals surface area contributed by atoms with E-state index in [1.165, 1.54) is 6.07 Å². The summed E-state index contributed by atoms with van der Waals surface area (Å²) in [5, 5.41) is 0. The van der Waals surface area contributed by atoms with Crippen molar-refractivity contribution in [3.8, 4) is 5.75 Å². The largest absolute Gasteiger partial charge is 0.495 e. The Morgan fingerprint density at radius 1 is 1.12 bits per heavy atom. The van der Waals surface area contributed by atoms with E-state index in [2.05, 4.69) is 4.98 Å². The zero-order chi connectivity index (χ0) is 12.1. The van der Waals surface area contributed by atoms with Gasteiger partial charge >= 0.3 is 0 Å². The molecule has 0 spiro atoms. The summed E-state index contributed by atoms with van der Waals surface area (Å²) < 4.78 is 18.6. The number of aromatic nitrogens is 1. The maximum atomic E-state index is 13.4. The molecule has 0 fully saturated rings. The monoisotopic (exact) mass is 231 g/mol. The molecule has 0 aliphatic heterocycles. The van der Waals surface area contributed by atoms with E-state index in [0.717, 1.165) is 23.3 Å². The van der Waals surface area contributed by atoms with Crippen LogP contribution in [-0.4, -0.2) is 12.1 Å². The van der Waals surface area contributed by atoms with Crippen molar-refractivity contribution in [2.75, 3.05) is 7.11 Å². The fraction of sp³-hybridized carbons (Fsp3) is 0.214. The van der Waals surface area contributed by atoms with Crippen LogP contribution in [-0.2, 0) is 12.8 Å². The molecule has 2 nitrogen and oxygen atoms in total. The second kappa shape index (κ2) is 5.43. The molecular formula is C14H14FNO. The van der Waals surface area contributed by atoms with Gasteiger partial charge in [-0.3, -0.25) is 4.98 Å². The van der Waals surface area contributed by atoms with Crippen molar-refractivity contribution in [3.63, 3.8) is 0 Å². The first-order valence-electron chi connectivity index (χ1n) is 5.51. The molecule has 0 atom stereocenters. The lowest BCUT2D eigenvalue weighted by molar-refractivity contribution is 0.407. The van der Waals surface area contributed by atoms with E-state index in [1.807, 2.05) is 18.2 Å². The Kier molecular flexibility index (Phi) is 3.70. The molecule has 2 rings (SSSR count). The fourth-order valence-electron chi connectivity index (χ4n) is 1.77. The Bertz CT molecular complexity index is 499. The molecule has 0 unspecified atom stereocenters. The van der Waals surface area contributed by atoms with Gasteiger partial charge < -0.3 is 4.74 Å². The number of halogens is 1. The summed E-state index contributed by atoms with van der Waals surface area (Å²) in [5.74, 6) is 0.601. The number of hydrogen-bond donors (Lipinski definition) is 0. The van der Waals surface area contributed by atoms with Gasteiger partial charge in [0.1, 0.15) is 11.6 Å². The van der Waals surface area contributed by atoms with E-state index in [0.29, 0.717) is 6.42 Å². The van der Waals surface area contributed by atoms with E-state index < -0.39 is 0 Å². The van der Waals surface area contributed by atoms with E-state index >= 15 is 0 Å². The number of benzene rings is 1. The van der Waals surface area contributed by atoms with E-state index in [-0.39, 0.29) is 5.82 Å². The van der Waals surface area contributed by atoms with Crippen molar-refractivity contribution in [1.82, 2.24) is 4.98 Å². The van der Waals surface area contributed by atoms with Gasteiger partial charge in [-0.25, -0.2) is 4.39 Å². The second-order valence-electron chi connectivity index (χ2n) is 3.78. The highest BCUT2D eigenvalue weighted by molar-refractivity contribution is 5.31. The second-order valence-corrected chi connectivity index (χ2v) is 3.78. The molecule has 0 bridgehead atoms. The quantitative estimate of drug-likeness (QED) is 0.807. The molecule has 0 saturated heterocycles. The standard InChI is InChI=1S/C14H14FNO/c1-17-14-10-16-9-8-12(14)7-6-11-4-2-3-5-13(11)15/h2-5,8-10H,6-7H2,1H3. The van der Waals surface area contributed by atoms with Crippen LogP contribution in [0.3, 0.4) is 0 Å². The molecule has 88 valence electrons. The minimum atomic E-state index is -0.152. The maximum Gasteiger partial charge on any atom is 0.140 e. The van der Waals surface area contributed by atoms with Gasteiger partial charge in [-0.05, 0) is 36.1 Å². The predicted molar refractivity (Wildman–Crippen MR) is 64.6 cm³/mol. The van der Waals surface area contributed by atoms with Gasteiger partial charge in [-0.15, -0.1) is 0 Å². The fourth-order valence-corrected chi connectivity index (χ4v) is 1.77. The van der Waals surface area contributed by atoms with Gasteiger partial charge in [0.2, 0.25) is 0 Å². The molecule has 0 amide bonds. The summed E-state index contributed by atoms with van der Waals surface area (Å²) in [5.41, 5.74) is 1.78. The Balaban J connectivity index is 2.10. The zero-order valence-electron chi connectivity index (χ0n) is 9.69. The van der Waals surface area contributed by atoms with Crippen molar-refractivity contribution in [1.29, 1.82) is 0 Å². The van der Waals surface area contributed by atoms with Crippen LogP contribution in [0, 0.1) is 5.82 Å². The summed E-state index contributed by atoms with van der Waals surface area (Å²) in [7, 11) is 1.61. The molecule has 0 saturated carbocycles. The molecular weight excluding hydrogens is 217 g/mol. The van der Waals surface area contributed by atoms with Crippen LogP contribution in [0.15, 0.2) is 42.7 Å². The first-order valence-corrected chi connectivity index (χ1v) is 5.51. The first-order chi connectivity index (χ1) is 8.31. The summed E-state index contributed by atoms with van der Waals surface area (Å²) in [6.45, 7) is 0. The van der Waals surface area contributed by atoms with Gasteiger partial charge in [0.05, 0.1) is 13.3 Å². The lowest BCUT2D eigenvalue weighted by atomic mass is 10.0. The van der Waals surface area contributed by atoms with Crippen molar-refractivity contribution in [3.05, 3.63) is 59.7 Å². The van der Waals surface area contributed by atoms with Gasteiger partial charge in [0.15, 0.2) is 0 Å². The minimum Gasteiger partial charge on any atom is -0.495 e. The average molecular weight is 231 g/mol. The summed E-state index contributed by atoms with van der Waals surface area (Å²) >= 11 is 0. The first kappa shape index (κ1) is 11.6. The van der Waals surface area contributed by atoms with Gasteiger partial charge in [0.25, 0.3) is 0 Å². The normalized spacial score (nSPS) is 10.2. The number of pyridine rings is 1. The van der Waals surface area contributed by atoms with E-state index in [1.54, 1.807) is 25.6 Å². The summed E-state index contributed by atoms with van der Waals surface area (Å²) in [6.07, 6.45) is 4.80. The Labute approximate surface area is 100 Å². The molecule has 0 aliphatic carbocycles. The topological polar surface area (TPSA) is 22.1 Å². The lowest BCUT2D eigenvalue weighted by Crippen LogP contribution is -1.97. The van der Waals surface area contributed by atoms with Crippen molar-refractivity contribution in [2.45, 2.75) is 12.8 Å². The van der Waals surface area contributed by atoms with Crippen molar-refractivity contribution < 1.29 is 9.13 Å². The molecule has 1 aromatic carbocycles. The number of hydrogen-bond acceptors (Lipinski definition) is 2. The van der Waals surface area contributed by atoms with Crippen LogP contribution in [0.1, 0.15) is 11.1 Å². The third-order valence-corrected chi connectivity index (χ3v) is 2.71. The van der Waals surface area contributed by atoms with Gasteiger partial charge in [-0.1, -0.05) is 18.2 Å². The number of rotatable bonds is 4. The van der Waals surface area contributed by atoms with Gasteiger partial charge in [0, 0.05) is 6.20 Å². The Hall–Kier alpha value is -1.90. The van der Waals surface area contributed by atoms with E-state index in [4.69, 9.17) is 4.74 Å². The lowest BCUT2D eigenvalue weighted by Gasteiger charge is -2.07. The molecule has 1 aromatic heterocycles. The highest BCUT2D eigenvalue weighted by atomic mass is 19.1. The average Bonchev–Trinajstić information content (AvgIpc) is 2.38. The minimum absolute atomic E-state index is 0.152. The third kappa shape index (κ3) is 2.81. The van der Waals surface area contributed by atoms with Crippen LogP contribution < -0.4 is 4.74 Å². The smallest absolute Gasteiger partial charge is 0.140 e. The van der Waals surface area contributed by atoms with E-state index in [9.17, 15) is 4.39 Å². The van der Waals surface area contributed by atoms with Crippen LogP contribution in [0.5, 0.6) is 5.75 Å².